The van der Waals surface area contributed by atoms with Gasteiger partial charge in [-0.05, 0) is 25.0 Å². The van der Waals surface area contributed by atoms with Gasteiger partial charge in [0.15, 0.2) is 0 Å². The number of aliphatic carboxylic acids is 1. The first-order valence-corrected chi connectivity index (χ1v) is 12.0. The molecule has 15 nitrogen and oxygen atoms in total. The number of primary amides is 1. The lowest BCUT2D eigenvalue weighted by atomic mass is 10.0. The molecule has 0 aliphatic heterocycles. The van der Waals surface area contributed by atoms with Crippen LogP contribution in [0.1, 0.15) is 36.5 Å². The summed E-state index contributed by atoms with van der Waals surface area (Å²) in [5, 5.41) is 45.2. The number of carboxylic acid groups (broad SMARTS) is 1. The first-order chi connectivity index (χ1) is 18.4. The number of carbonyl (C=O) groups is 6. The number of ether oxygens (including phenoxy) is 1. The molecule has 4 amide bonds. The number of carbonyl (C=O) groups excluding carboxylic acids is 5. The summed E-state index contributed by atoms with van der Waals surface area (Å²) in [6.45, 7) is -0.243. The molecule has 0 fully saturated rings. The second kappa shape index (κ2) is 16.8. The van der Waals surface area contributed by atoms with Crippen molar-refractivity contribution in [2.24, 2.45) is 5.73 Å². The van der Waals surface area contributed by atoms with Gasteiger partial charge in [0, 0.05) is 12.0 Å². The fourth-order valence-corrected chi connectivity index (χ4v) is 3.35. The number of hydrogen-bond donors (Lipinski definition) is 8. The van der Waals surface area contributed by atoms with E-state index in [9.17, 15) is 44.1 Å². The van der Waals surface area contributed by atoms with Gasteiger partial charge in [0.05, 0.1) is 6.61 Å². The van der Waals surface area contributed by atoms with E-state index >= 15 is 0 Å². The molecule has 0 bridgehead atoms. The van der Waals surface area contributed by atoms with Crippen LogP contribution in [0, 0.1) is 0 Å². The van der Waals surface area contributed by atoms with Gasteiger partial charge in [0.1, 0.15) is 49.3 Å². The average Bonchev–Trinajstić information content (AvgIpc) is 2.92. The molecule has 0 saturated carbocycles. The number of nitrogens with two attached hydrogens (primary N) is 1. The lowest BCUT2D eigenvalue weighted by Crippen LogP contribution is -2.56. The van der Waals surface area contributed by atoms with Gasteiger partial charge in [-0.2, -0.15) is 0 Å². The molecule has 0 saturated heterocycles. The minimum Gasteiger partial charge on any atom is -0.481 e. The zero-order chi connectivity index (χ0) is 29.5. The molecular weight excluding hydrogens is 520 g/mol. The standard InChI is InChI=1S/C24H34N4O11/c1-2-14(24(38)27-15(22(25)36)8-9-19(33)34)26-18(32)12-39-21(20(35)17(31)11-30)16(10-29)28-23(37)13-6-4-3-5-7-13/h3-7,10,14-17,20-21,30-31,35H,2,8-9,11-12H2,1H3,(H2,25,36)(H,26,32)(H,27,38)(H,28,37)(H,33,34)/t14-,15+,16-,17+,20+,21+/m0/s1. The van der Waals surface area contributed by atoms with Crippen LogP contribution in [0.25, 0.3) is 0 Å². The fourth-order valence-electron chi connectivity index (χ4n) is 3.35. The first-order valence-electron chi connectivity index (χ1n) is 12.0. The van der Waals surface area contributed by atoms with Gasteiger partial charge in [-0.15, -0.1) is 0 Å². The number of hydrogen-bond acceptors (Lipinski definition) is 10. The number of aldehydes is 1. The maximum absolute atomic E-state index is 12.5. The molecule has 0 aromatic heterocycles. The summed E-state index contributed by atoms with van der Waals surface area (Å²) >= 11 is 0. The molecule has 0 heterocycles. The van der Waals surface area contributed by atoms with Crippen LogP contribution < -0.4 is 21.7 Å². The maximum Gasteiger partial charge on any atom is 0.303 e. The van der Waals surface area contributed by atoms with E-state index in [1.165, 1.54) is 19.1 Å². The summed E-state index contributed by atoms with van der Waals surface area (Å²) in [5.41, 5.74) is 5.37. The zero-order valence-corrected chi connectivity index (χ0v) is 21.2. The van der Waals surface area contributed by atoms with E-state index in [0.29, 0.717) is 0 Å². The van der Waals surface area contributed by atoms with E-state index in [1.807, 2.05) is 0 Å². The Balaban J connectivity index is 2.91. The lowest BCUT2D eigenvalue weighted by molar-refractivity contribution is -0.144. The Labute approximate surface area is 223 Å². The predicted molar refractivity (Wildman–Crippen MR) is 133 cm³/mol. The molecule has 0 aliphatic rings. The average molecular weight is 555 g/mol. The van der Waals surface area contributed by atoms with Crippen LogP contribution in [0.3, 0.4) is 0 Å². The highest BCUT2D eigenvalue weighted by atomic mass is 16.5. The monoisotopic (exact) mass is 554 g/mol. The largest absolute Gasteiger partial charge is 0.481 e. The second-order valence-corrected chi connectivity index (χ2v) is 8.44. The van der Waals surface area contributed by atoms with E-state index in [0.717, 1.165) is 0 Å². The van der Waals surface area contributed by atoms with Crippen molar-refractivity contribution in [3.05, 3.63) is 35.9 Å². The SMILES string of the molecule is CC[C@H](NC(=O)CO[C@@H]([C@H](O)[C@H](O)CO)[C@H](C=O)NC(=O)c1ccccc1)C(=O)N[C@H](CCC(=O)O)C(N)=O. The first kappa shape index (κ1) is 33.1. The van der Waals surface area contributed by atoms with Gasteiger partial charge in [-0.1, -0.05) is 25.1 Å². The zero-order valence-electron chi connectivity index (χ0n) is 21.2. The maximum atomic E-state index is 12.5. The highest BCUT2D eigenvalue weighted by Crippen LogP contribution is 2.11. The van der Waals surface area contributed by atoms with Gasteiger partial charge >= 0.3 is 5.97 Å². The van der Waals surface area contributed by atoms with Crippen LogP contribution in [0.2, 0.25) is 0 Å². The Bertz CT molecular complexity index is 992. The van der Waals surface area contributed by atoms with E-state index in [-0.39, 0.29) is 24.7 Å². The van der Waals surface area contributed by atoms with Crippen molar-refractivity contribution in [1.29, 1.82) is 0 Å². The minimum atomic E-state index is -1.91. The summed E-state index contributed by atoms with van der Waals surface area (Å²) in [4.78, 5) is 71.6. The van der Waals surface area contributed by atoms with Crippen LogP contribution in [-0.4, -0.2) is 106 Å². The van der Waals surface area contributed by atoms with Crippen LogP contribution in [0.15, 0.2) is 30.3 Å². The molecule has 1 rings (SSSR count). The number of aliphatic hydroxyl groups is 3. The van der Waals surface area contributed by atoms with Crippen molar-refractivity contribution in [1.82, 2.24) is 16.0 Å². The topological polar surface area (TPSA) is 255 Å². The summed E-state index contributed by atoms with van der Waals surface area (Å²) in [6, 6.07) is 3.68. The minimum absolute atomic E-state index is 0.0430. The molecule has 216 valence electrons. The molecule has 0 spiro atoms. The number of nitrogens with one attached hydrogen (secondary N) is 3. The summed E-state index contributed by atoms with van der Waals surface area (Å²) in [5.74, 6) is -4.62. The van der Waals surface area contributed by atoms with Crippen LogP contribution in [0.4, 0.5) is 0 Å². The molecule has 1 aromatic rings. The van der Waals surface area contributed by atoms with Crippen molar-refractivity contribution >= 4 is 35.9 Å². The third-order valence-electron chi connectivity index (χ3n) is 5.53. The van der Waals surface area contributed by atoms with E-state index in [2.05, 4.69) is 16.0 Å². The number of benzene rings is 1. The summed E-state index contributed by atoms with van der Waals surface area (Å²) in [7, 11) is 0. The Morgan fingerprint density at radius 1 is 1.03 bits per heavy atom. The lowest BCUT2D eigenvalue weighted by Gasteiger charge is -2.30. The van der Waals surface area contributed by atoms with Crippen molar-refractivity contribution in [3.63, 3.8) is 0 Å². The number of carboxylic acids is 1. The number of amides is 4. The van der Waals surface area contributed by atoms with E-state index in [4.69, 9.17) is 15.6 Å². The molecule has 0 unspecified atom stereocenters. The molecule has 1 aromatic carbocycles. The summed E-state index contributed by atoms with van der Waals surface area (Å²) in [6.07, 6.45) is -5.83. The van der Waals surface area contributed by atoms with Gasteiger partial charge in [0.2, 0.25) is 17.7 Å². The number of rotatable bonds is 18. The van der Waals surface area contributed by atoms with Crippen LogP contribution >= 0.6 is 0 Å². The third kappa shape index (κ3) is 11.2. The van der Waals surface area contributed by atoms with Gasteiger partial charge < -0.3 is 51.6 Å². The van der Waals surface area contributed by atoms with Crippen molar-refractivity contribution in [3.8, 4) is 0 Å². The highest BCUT2D eigenvalue weighted by molar-refractivity contribution is 5.95. The molecule has 9 N–H and O–H groups in total. The van der Waals surface area contributed by atoms with Gasteiger partial charge in [-0.3, -0.25) is 24.0 Å². The molecule has 15 heteroatoms. The van der Waals surface area contributed by atoms with Crippen molar-refractivity contribution in [2.45, 2.75) is 62.6 Å². The van der Waals surface area contributed by atoms with Crippen molar-refractivity contribution < 1.29 is 53.9 Å². The molecule has 39 heavy (non-hydrogen) atoms. The second-order valence-electron chi connectivity index (χ2n) is 8.44. The quantitative estimate of drug-likeness (QED) is 0.0839. The highest BCUT2D eigenvalue weighted by Gasteiger charge is 2.35. The molecule has 6 atom stereocenters. The Morgan fingerprint density at radius 3 is 2.18 bits per heavy atom. The summed E-state index contributed by atoms with van der Waals surface area (Å²) < 4.78 is 5.34. The van der Waals surface area contributed by atoms with Gasteiger partial charge in [0.25, 0.3) is 5.91 Å². The Morgan fingerprint density at radius 2 is 1.67 bits per heavy atom. The van der Waals surface area contributed by atoms with Crippen molar-refractivity contribution in [2.75, 3.05) is 13.2 Å². The van der Waals surface area contributed by atoms with E-state index < -0.39 is 85.7 Å². The van der Waals surface area contributed by atoms with E-state index in [1.54, 1.807) is 18.2 Å². The Kier molecular flexibility index (Phi) is 14.3. The smallest absolute Gasteiger partial charge is 0.303 e. The number of aliphatic hydroxyl groups excluding tert-OH is 3. The predicted octanol–water partition coefficient (Wildman–Crippen LogP) is -3.19. The van der Waals surface area contributed by atoms with Gasteiger partial charge in [-0.25, -0.2) is 0 Å². The fraction of sp³-hybridized carbons (Fsp3) is 0.500. The molecular formula is C24H34N4O11. The van der Waals surface area contributed by atoms with Crippen LogP contribution in [0.5, 0.6) is 0 Å². The van der Waals surface area contributed by atoms with Crippen LogP contribution in [-0.2, 0) is 28.7 Å². The third-order valence-corrected chi connectivity index (χ3v) is 5.53. The molecule has 0 radical (unpaired) electrons. The Hall–Kier alpha value is -3.92. The normalized spacial score (nSPS) is 15.5. The molecule has 0 aliphatic carbocycles.